The van der Waals surface area contributed by atoms with Crippen molar-refractivity contribution < 1.29 is 14.2 Å². The fourth-order valence-electron chi connectivity index (χ4n) is 4.49. The van der Waals surface area contributed by atoms with Crippen molar-refractivity contribution in [3.63, 3.8) is 0 Å². The number of aromatic nitrogens is 1. The molecule has 0 saturated carbocycles. The van der Waals surface area contributed by atoms with Crippen LogP contribution in [0.5, 0.6) is 17.2 Å². The minimum absolute atomic E-state index is 0.609. The van der Waals surface area contributed by atoms with Crippen LogP contribution in [0.15, 0.2) is 42.7 Å². The smallest absolute Gasteiger partial charge is 0.203 e. The van der Waals surface area contributed by atoms with E-state index in [0.717, 1.165) is 38.3 Å². The maximum absolute atomic E-state index is 5.51. The minimum atomic E-state index is 0.609. The molecule has 4 rings (SSSR count). The molecule has 1 aromatic heterocycles. The fraction of sp³-hybridized carbons (Fsp3) is 0.440. The summed E-state index contributed by atoms with van der Waals surface area (Å²) < 4.78 is 18.7. The van der Waals surface area contributed by atoms with Crippen LogP contribution in [0.1, 0.15) is 19.4 Å². The maximum atomic E-state index is 5.51. The highest BCUT2D eigenvalue weighted by Gasteiger charge is 2.21. The Kier molecular flexibility index (Phi) is 6.28. The van der Waals surface area contributed by atoms with Crippen molar-refractivity contribution >= 4 is 16.5 Å². The average Bonchev–Trinajstić information content (AvgIpc) is 3.20. The van der Waals surface area contributed by atoms with Crippen LogP contribution in [0.2, 0.25) is 0 Å². The molecule has 0 unspecified atom stereocenters. The van der Waals surface area contributed by atoms with E-state index in [4.69, 9.17) is 14.2 Å². The molecule has 166 valence electrons. The Bertz CT molecular complexity index is 1010. The zero-order valence-electron chi connectivity index (χ0n) is 19.2. The van der Waals surface area contributed by atoms with Gasteiger partial charge in [-0.2, -0.15) is 0 Å². The number of hydrogen-bond acceptors (Lipinski definition) is 5. The third kappa shape index (κ3) is 4.30. The van der Waals surface area contributed by atoms with Gasteiger partial charge in [0.05, 0.1) is 21.3 Å². The van der Waals surface area contributed by atoms with Crippen LogP contribution >= 0.6 is 0 Å². The summed E-state index contributed by atoms with van der Waals surface area (Å²) in [6, 6.07) is 11.2. The van der Waals surface area contributed by atoms with Gasteiger partial charge in [-0.25, -0.2) is 0 Å². The molecule has 6 heteroatoms. The van der Waals surface area contributed by atoms with Gasteiger partial charge in [0.1, 0.15) is 0 Å². The second-order valence-electron chi connectivity index (χ2n) is 8.36. The molecule has 0 bridgehead atoms. The zero-order chi connectivity index (χ0) is 22.0. The summed E-state index contributed by atoms with van der Waals surface area (Å²) in [5.41, 5.74) is 2.42. The molecule has 1 fully saturated rings. The monoisotopic (exact) mass is 423 g/mol. The molecule has 0 amide bonds. The number of nitrogens with zero attached hydrogens (tertiary/aromatic N) is 3. The molecular formula is C25H33N3O3. The molecule has 0 radical (unpaired) electrons. The number of benzene rings is 2. The molecule has 31 heavy (non-hydrogen) atoms. The first kappa shape index (κ1) is 21.4. The van der Waals surface area contributed by atoms with Crippen LogP contribution in [-0.2, 0) is 6.54 Å². The van der Waals surface area contributed by atoms with Gasteiger partial charge in [-0.15, -0.1) is 0 Å². The fourth-order valence-corrected chi connectivity index (χ4v) is 4.49. The lowest BCUT2D eigenvalue weighted by Gasteiger charge is -2.38. The molecule has 1 saturated heterocycles. The second kappa shape index (κ2) is 9.10. The van der Waals surface area contributed by atoms with E-state index in [-0.39, 0.29) is 0 Å². The highest BCUT2D eigenvalue weighted by Crippen LogP contribution is 2.38. The lowest BCUT2D eigenvalue weighted by atomic mass is 10.1. The van der Waals surface area contributed by atoms with E-state index in [9.17, 15) is 0 Å². The van der Waals surface area contributed by atoms with E-state index in [0.29, 0.717) is 23.3 Å². The van der Waals surface area contributed by atoms with E-state index >= 15 is 0 Å². The molecule has 2 heterocycles. The number of piperazine rings is 1. The first-order valence-electron chi connectivity index (χ1n) is 10.9. The molecule has 0 N–H and O–H groups in total. The SMILES string of the molecule is COc1cc(Cn2cc3cccc(N4CCN(C(C)C)CC4)c3c2)cc(OC)c1OC. The van der Waals surface area contributed by atoms with Crippen molar-refractivity contribution in [1.82, 2.24) is 9.47 Å². The molecule has 3 aromatic rings. The van der Waals surface area contributed by atoms with Gasteiger partial charge in [-0.1, -0.05) is 12.1 Å². The van der Waals surface area contributed by atoms with Gasteiger partial charge in [-0.3, -0.25) is 4.90 Å². The van der Waals surface area contributed by atoms with E-state index < -0.39 is 0 Å². The molecule has 6 nitrogen and oxygen atoms in total. The summed E-state index contributed by atoms with van der Waals surface area (Å²) in [5, 5.41) is 2.56. The minimum Gasteiger partial charge on any atom is -0.493 e. The lowest BCUT2D eigenvalue weighted by molar-refractivity contribution is 0.209. The predicted octanol–water partition coefficient (Wildman–Crippen LogP) is 4.25. The van der Waals surface area contributed by atoms with E-state index in [1.165, 1.54) is 16.5 Å². The normalized spacial score (nSPS) is 15.0. The van der Waals surface area contributed by atoms with Gasteiger partial charge in [-0.05, 0) is 37.6 Å². The van der Waals surface area contributed by atoms with Crippen LogP contribution < -0.4 is 19.1 Å². The first-order valence-corrected chi connectivity index (χ1v) is 10.9. The summed E-state index contributed by atoms with van der Waals surface area (Å²) in [6.07, 6.45) is 4.47. The standard InChI is InChI=1S/C25H33N3O3/c1-18(2)27-9-11-28(12-10-27)22-8-6-7-20-16-26(17-21(20)22)15-19-13-23(29-3)25(31-5)24(14-19)30-4/h6-8,13-14,16-18H,9-12,15H2,1-5H3. The number of rotatable bonds is 7. The van der Waals surface area contributed by atoms with E-state index in [2.05, 4.69) is 58.8 Å². The Morgan fingerprint density at radius 2 is 1.55 bits per heavy atom. The number of fused-ring (bicyclic) bond motifs is 1. The Hall–Kier alpha value is -2.86. The maximum Gasteiger partial charge on any atom is 0.203 e. The van der Waals surface area contributed by atoms with E-state index in [1.54, 1.807) is 21.3 Å². The summed E-state index contributed by atoms with van der Waals surface area (Å²) in [5.74, 6) is 1.98. The van der Waals surface area contributed by atoms with Gasteiger partial charge < -0.3 is 23.7 Å². The second-order valence-corrected chi connectivity index (χ2v) is 8.36. The molecule has 2 aromatic carbocycles. The number of ether oxygens (including phenoxy) is 3. The number of hydrogen-bond donors (Lipinski definition) is 0. The van der Waals surface area contributed by atoms with Crippen molar-refractivity contribution in [3.8, 4) is 17.2 Å². The van der Waals surface area contributed by atoms with Crippen LogP contribution in [0.25, 0.3) is 10.8 Å². The zero-order valence-corrected chi connectivity index (χ0v) is 19.2. The topological polar surface area (TPSA) is 39.1 Å². The van der Waals surface area contributed by atoms with Crippen molar-refractivity contribution in [1.29, 1.82) is 0 Å². The Morgan fingerprint density at radius 3 is 2.13 bits per heavy atom. The Balaban J connectivity index is 1.60. The molecule has 0 atom stereocenters. The quantitative estimate of drug-likeness (QED) is 0.568. The lowest BCUT2D eigenvalue weighted by Crippen LogP contribution is -2.48. The van der Waals surface area contributed by atoms with Crippen LogP contribution in [0, 0.1) is 0 Å². The van der Waals surface area contributed by atoms with Gasteiger partial charge in [0.25, 0.3) is 0 Å². The van der Waals surface area contributed by atoms with Gasteiger partial charge in [0, 0.05) is 67.6 Å². The molecule has 0 spiro atoms. The van der Waals surface area contributed by atoms with Crippen LogP contribution in [-0.4, -0.2) is 63.0 Å². The Labute approximate surface area is 184 Å². The highest BCUT2D eigenvalue weighted by atomic mass is 16.5. The van der Waals surface area contributed by atoms with E-state index in [1.807, 2.05) is 12.1 Å². The van der Waals surface area contributed by atoms with Gasteiger partial charge in [0.15, 0.2) is 11.5 Å². The summed E-state index contributed by atoms with van der Waals surface area (Å²) in [6.45, 7) is 9.64. The third-order valence-electron chi connectivity index (χ3n) is 6.19. The third-order valence-corrected chi connectivity index (χ3v) is 6.19. The molecule has 0 aliphatic carbocycles. The van der Waals surface area contributed by atoms with Crippen molar-refractivity contribution in [3.05, 3.63) is 48.3 Å². The van der Waals surface area contributed by atoms with Gasteiger partial charge in [0.2, 0.25) is 5.75 Å². The molecular weight excluding hydrogens is 390 g/mol. The van der Waals surface area contributed by atoms with Crippen molar-refractivity contribution in [2.45, 2.75) is 26.4 Å². The highest BCUT2D eigenvalue weighted by molar-refractivity contribution is 5.94. The van der Waals surface area contributed by atoms with Crippen molar-refractivity contribution in [2.75, 3.05) is 52.4 Å². The Morgan fingerprint density at radius 1 is 0.871 bits per heavy atom. The largest absolute Gasteiger partial charge is 0.493 e. The average molecular weight is 424 g/mol. The first-order chi connectivity index (χ1) is 15.0. The molecule has 1 aliphatic rings. The summed E-state index contributed by atoms with van der Waals surface area (Å²) in [4.78, 5) is 5.07. The number of anilines is 1. The van der Waals surface area contributed by atoms with Crippen LogP contribution in [0.3, 0.4) is 0 Å². The van der Waals surface area contributed by atoms with Crippen molar-refractivity contribution in [2.24, 2.45) is 0 Å². The number of methoxy groups -OCH3 is 3. The predicted molar refractivity (Wildman–Crippen MR) is 126 cm³/mol. The summed E-state index contributed by atoms with van der Waals surface area (Å²) in [7, 11) is 4.92. The molecule has 1 aliphatic heterocycles. The van der Waals surface area contributed by atoms with Crippen LogP contribution in [0.4, 0.5) is 5.69 Å². The van der Waals surface area contributed by atoms with Gasteiger partial charge >= 0.3 is 0 Å². The summed E-state index contributed by atoms with van der Waals surface area (Å²) >= 11 is 0.